The van der Waals surface area contributed by atoms with Crippen molar-refractivity contribution >= 4 is 28.9 Å². The molecule has 0 unspecified atom stereocenters. The zero-order chi connectivity index (χ0) is 19.3. The Morgan fingerprint density at radius 3 is 2.50 bits per heavy atom. The highest BCUT2D eigenvalue weighted by Crippen LogP contribution is 2.34. The van der Waals surface area contributed by atoms with Gasteiger partial charge in [0.05, 0.1) is 11.1 Å². The number of carbonyl (C=O) groups excluding carboxylic acids is 3. The van der Waals surface area contributed by atoms with Crippen LogP contribution in [0.4, 0.5) is 4.79 Å². The summed E-state index contributed by atoms with van der Waals surface area (Å²) in [5, 5.41) is 4.79. The number of aromatic nitrogens is 3. The van der Waals surface area contributed by atoms with Gasteiger partial charge in [0.2, 0.25) is 11.8 Å². The maximum absolute atomic E-state index is 12.4. The molecule has 0 spiro atoms. The van der Waals surface area contributed by atoms with Crippen LogP contribution in [0.15, 0.2) is 36.8 Å². The van der Waals surface area contributed by atoms with Gasteiger partial charge in [0.25, 0.3) is 0 Å². The second-order valence-electron chi connectivity index (χ2n) is 6.89. The van der Waals surface area contributed by atoms with Crippen LogP contribution in [0.5, 0.6) is 0 Å². The van der Waals surface area contributed by atoms with E-state index in [1.807, 2.05) is 12.1 Å². The van der Waals surface area contributed by atoms with Gasteiger partial charge < -0.3 is 0 Å². The number of hydrogen-bond donors (Lipinski definition) is 2. The highest BCUT2D eigenvalue weighted by molar-refractivity contribution is 6.20. The third-order valence-electron chi connectivity index (χ3n) is 5.24. The number of amides is 4. The lowest BCUT2D eigenvalue weighted by Crippen LogP contribution is -2.54. The lowest BCUT2D eigenvalue weighted by molar-refractivity contribution is -0.132. The predicted octanol–water partition coefficient (Wildman–Crippen LogP) is 1.63. The fourth-order valence-electron chi connectivity index (χ4n) is 3.98. The first-order valence-corrected chi connectivity index (χ1v) is 8.99. The van der Waals surface area contributed by atoms with Gasteiger partial charge in [-0.3, -0.25) is 20.2 Å². The van der Waals surface area contributed by atoms with Crippen LogP contribution >= 0.6 is 0 Å². The summed E-state index contributed by atoms with van der Waals surface area (Å²) >= 11 is 0. The van der Waals surface area contributed by atoms with Crippen molar-refractivity contribution in [1.82, 2.24) is 25.6 Å². The Kier molecular flexibility index (Phi) is 3.65. The van der Waals surface area contributed by atoms with Crippen molar-refractivity contribution in [3.05, 3.63) is 53.6 Å². The molecule has 1 aliphatic carbocycles. The number of carbonyl (C=O) groups is 3. The molecule has 4 amide bonds. The summed E-state index contributed by atoms with van der Waals surface area (Å²) < 4.78 is 0. The molecular formula is C20H15N5O3. The number of rotatable bonds is 2. The molecule has 0 atom stereocenters. The summed E-state index contributed by atoms with van der Waals surface area (Å²) in [5.41, 5.74) is 5.03. The molecule has 28 heavy (non-hydrogen) atoms. The van der Waals surface area contributed by atoms with E-state index in [9.17, 15) is 14.4 Å². The third-order valence-corrected chi connectivity index (χ3v) is 5.24. The van der Waals surface area contributed by atoms with Gasteiger partial charge in [0.1, 0.15) is 6.33 Å². The van der Waals surface area contributed by atoms with Gasteiger partial charge in [-0.15, -0.1) is 0 Å². The van der Waals surface area contributed by atoms with Crippen molar-refractivity contribution < 1.29 is 14.4 Å². The number of benzene rings is 1. The number of aryl methyl sites for hydroxylation is 2. The van der Waals surface area contributed by atoms with E-state index in [1.54, 1.807) is 6.20 Å². The molecule has 2 aromatic heterocycles. The Labute approximate surface area is 159 Å². The first kappa shape index (κ1) is 16.5. The number of pyridine rings is 1. The van der Waals surface area contributed by atoms with E-state index in [0.29, 0.717) is 11.0 Å². The van der Waals surface area contributed by atoms with Crippen LogP contribution in [0.1, 0.15) is 29.2 Å². The molecule has 8 heteroatoms. The lowest BCUT2D eigenvalue weighted by Gasteiger charge is -2.21. The summed E-state index contributed by atoms with van der Waals surface area (Å²) in [6, 6.07) is 7.28. The number of nitrogens with one attached hydrogen (secondary N) is 2. The number of urea groups is 1. The monoisotopic (exact) mass is 373 g/mol. The number of hydrogen-bond acceptors (Lipinski definition) is 6. The molecule has 3 aromatic rings. The summed E-state index contributed by atoms with van der Waals surface area (Å²) in [7, 11) is 0. The van der Waals surface area contributed by atoms with Gasteiger partial charge in [-0.05, 0) is 47.6 Å². The average molecular weight is 373 g/mol. The van der Waals surface area contributed by atoms with Crippen LogP contribution in [0, 0.1) is 0 Å². The van der Waals surface area contributed by atoms with Crippen LogP contribution in [0.3, 0.4) is 0 Å². The van der Waals surface area contributed by atoms with Crippen LogP contribution in [-0.2, 0) is 22.4 Å². The topological polar surface area (TPSA) is 114 Å². The van der Waals surface area contributed by atoms with Crippen molar-refractivity contribution in [1.29, 1.82) is 0 Å². The predicted molar refractivity (Wildman–Crippen MR) is 99.2 cm³/mol. The molecule has 5 rings (SSSR count). The molecule has 1 aliphatic heterocycles. The summed E-state index contributed by atoms with van der Waals surface area (Å²) in [4.78, 5) is 48.9. The third kappa shape index (κ3) is 2.53. The molecule has 2 N–H and O–H groups in total. The van der Waals surface area contributed by atoms with Gasteiger partial charge in [0.15, 0.2) is 11.6 Å². The number of fused-ring (bicyclic) bond motifs is 2. The second kappa shape index (κ2) is 6.19. The molecule has 1 saturated heterocycles. The Bertz CT molecular complexity index is 1150. The highest BCUT2D eigenvalue weighted by atomic mass is 16.2. The summed E-state index contributed by atoms with van der Waals surface area (Å²) in [5.74, 6) is -2.67. The van der Waals surface area contributed by atoms with E-state index in [2.05, 4.69) is 37.7 Å². The maximum atomic E-state index is 12.4. The highest BCUT2D eigenvalue weighted by Gasteiger charge is 2.38. The summed E-state index contributed by atoms with van der Waals surface area (Å²) in [6.45, 7) is 0. The van der Waals surface area contributed by atoms with Crippen molar-refractivity contribution in [3.63, 3.8) is 0 Å². The van der Waals surface area contributed by atoms with Crippen LogP contribution in [0.2, 0.25) is 0 Å². The molecule has 2 aliphatic rings. The van der Waals surface area contributed by atoms with Gasteiger partial charge in [-0.1, -0.05) is 18.2 Å². The normalized spacial score (nSPS) is 16.8. The Morgan fingerprint density at radius 2 is 1.68 bits per heavy atom. The van der Waals surface area contributed by atoms with Crippen molar-refractivity contribution in [2.45, 2.75) is 25.2 Å². The standard InChI is InChI=1S/C20H15N5O3/c26-18-15(19(27)25-20(28)24-18)16-14-13(6-7-21-17(14)23-9-22-16)12-5-4-10-2-1-3-11(10)8-12/h4-9,15H,1-3H2,(H2,24,25,26,27,28). The zero-order valence-electron chi connectivity index (χ0n) is 14.7. The molecule has 138 valence electrons. The maximum Gasteiger partial charge on any atom is 0.328 e. The minimum Gasteiger partial charge on any atom is -0.277 e. The second-order valence-corrected chi connectivity index (χ2v) is 6.89. The quantitative estimate of drug-likeness (QED) is 0.660. The van der Waals surface area contributed by atoms with E-state index >= 15 is 0 Å². The van der Waals surface area contributed by atoms with Crippen LogP contribution < -0.4 is 10.6 Å². The first-order chi connectivity index (χ1) is 13.6. The van der Waals surface area contributed by atoms with Crippen molar-refractivity contribution in [2.75, 3.05) is 0 Å². The van der Waals surface area contributed by atoms with Gasteiger partial charge >= 0.3 is 6.03 Å². The zero-order valence-corrected chi connectivity index (χ0v) is 14.7. The molecule has 8 nitrogen and oxygen atoms in total. The number of barbiturate groups is 1. The smallest absolute Gasteiger partial charge is 0.277 e. The minimum atomic E-state index is -1.25. The van der Waals surface area contributed by atoms with Crippen molar-refractivity contribution in [2.24, 2.45) is 0 Å². The molecule has 1 fully saturated rings. The average Bonchev–Trinajstić information content (AvgIpc) is 3.14. The minimum absolute atomic E-state index is 0.232. The molecule has 1 aromatic carbocycles. The first-order valence-electron chi connectivity index (χ1n) is 8.99. The largest absolute Gasteiger partial charge is 0.328 e. The van der Waals surface area contributed by atoms with E-state index in [4.69, 9.17) is 0 Å². The van der Waals surface area contributed by atoms with Crippen LogP contribution in [-0.4, -0.2) is 32.8 Å². The van der Waals surface area contributed by atoms with E-state index < -0.39 is 23.8 Å². The lowest BCUT2D eigenvalue weighted by atomic mass is 9.93. The summed E-state index contributed by atoms with van der Waals surface area (Å²) in [6.07, 6.45) is 6.17. The Hall–Kier alpha value is -3.68. The Morgan fingerprint density at radius 1 is 0.893 bits per heavy atom. The molecular weight excluding hydrogens is 358 g/mol. The SMILES string of the molecule is O=C1NC(=O)C(c2ncnc3nccc(-c4ccc5c(c4)CCC5)c23)C(=O)N1. The Balaban J connectivity index is 1.73. The van der Waals surface area contributed by atoms with Crippen LogP contribution in [0.25, 0.3) is 22.2 Å². The van der Waals surface area contributed by atoms with Gasteiger partial charge in [-0.25, -0.2) is 19.7 Å². The van der Waals surface area contributed by atoms with E-state index in [1.165, 1.54) is 17.5 Å². The fourth-order valence-corrected chi connectivity index (χ4v) is 3.98. The molecule has 0 radical (unpaired) electrons. The van der Waals surface area contributed by atoms with Gasteiger partial charge in [0, 0.05) is 6.20 Å². The van der Waals surface area contributed by atoms with E-state index in [0.717, 1.165) is 30.4 Å². The molecule has 0 bridgehead atoms. The molecule has 3 heterocycles. The van der Waals surface area contributed by atoms with Gasteiger partial charge in [-0.2, -0.15) is 0 Å². The van der Waals surface area contributed by atoms with Crippen molar-refractivity contribution in [3.8, 4) is 11.1 Å². The molecule has 0 saturated carbocycles. The number of nitrogens with zero attached hydrogens (tertiary/aromatic N) is 3. The number of imide groups is 2. The fraction of sp³-hybridized carbons (Fsp3) is 0.200. The van der Waals surface area contributed by atoms with E-state index in [-0.39, 0.29) is 5.69 Å².